The summed E-state index contributed by atoms with van der Waals surface area (Å²) >= 11 is 0. The van der Waals surface area contributed by atoms with Crippen LogP contribution in [0.2, 0.25) is 0 Å². The van der Waals surface area contributed by atoms with Gasteiger partial charge < -0.3 is 15.2 Å². The standard InChI is InChI=1S/C17H24N4O2.ClH/c1-11-14(12(2)20-17(23)15(11)9-18)6-7-16(22)21-8-4-5-13(10-21)19-3;/h13,19H,4-8,10H2,1-3H3,(H,20,23);1H. The molecule has 1 fully saturated rings. The second kappa shape index (κ2) is 8.86. The van der Waals surface area contributed by atoms with Crippen molar-refractivity contribution in [2.75, 3.05) is 20.1 Å². The van der Waals surface area contributed by atoms with E-state index < -0.39 is 0 Å². The van der Waals surface area contributed by atoms with Crippen molar-refractivity contribution in [2.24, 2.45) is 0 Å². The van der Waals surface area contributed by atoms with Gasteiger partial charge in [-0.15, -0.1) is 12.4 Å². The maximum atomic E-state index is 12.4. The van der Waals surface area contributed by atoms with E-state index >= 15 is 0 Å². The largest absolute Gasteiger partial charge is 0.341 e. The van der Waals surface area contributed by atoms with Gasteiger partial charge in [-0.25, -0.2) is 0 Å². The third-order valence-corrected chi connectivity index (χ3v) is 4.69. The quantitative estimate of drug-likeness (QED) is 0.857. The monoisotopic (exact) mass is 352 g/mol. The molecule has 1 saturated heterocycles. The molecular formula is C17H25ClN4O2. The Labute approximate surface area is 148 Å². The number of likely N-dealkylation sites (N-methyl/N-ethyl adjacent to an activating group) is 1. The first kappa shape index (κ1) is 20.2. The second-order valence-electron chi connectivity index (χ2n) is 6.14. The Morgan fingerprint density at radius 1 is 1.46 bits per heavy atom. The first-order chi connectivity index (χ1) is 11.0. The van der Waals surface area contributed by atoms with Gasteiger partial charge in [-0.3, -0.25) is 9.59 Å². The molecule has 1 aromatic rings. The fourth-order valence-electron chi connectivity index (χ4n) is 3.25. The molecule has 0 bridgehead atoms. The molecular weight excluding hydrogens is 328 g/mol. The summed E-state index contributed by atoms with van der Waals surface area (Å²) < 4.78 is 0. The number of aryl methyl sites for hydroxylation is 1. The number of carbonyl (C=O) groups is 1. The number of nitrogens with zero attached hydrogens (tertiary/aromatic N) is 2. The van der Waals surface area contributed by atoms with Gasteiger partial charge in [-0.05, 0) is 51.3 Å². The van der Waals surface area contributed by atoms with Gasteiger partial charge in [0.05, 0.1) is 0 Å². The van der Waals surface area contributed by atoms with Crippen molar-refractivity contribution < 1.29 is 4.79 Å². The number of H-pyrrole nitrogens is 1. The molecule has 1 aliphatic heterocycles. The molecule has 0 spiro atoms. The number of aromatic amines is 1. The number of amides is 1. The van der Waals surface area contributed by atoms with Gasteiger partial charge in [0.1, 0.15) is 11.6 Å². The predicted octanol–water partition coefficient (Wildman–Crippen LogP) is 1.43. The Morgan fingerprint density at radius 2 is 2.17 bits per heavy atom. The number of likely N-dealkylation sites (tertiary alicyclic amines) is 1. The van der Waals surface area contributed by atoms with E-state index in [1.807, 2.05) is 24.9 Å². The van der Waals surface area contributed by atoms with E-state index in [1.165, 1.54) is 0 Å². The molecule has 0 radical (unpaired) electrons. The summed E-state index contributed by atoms with van der Waals surface area (Å²) in [4.78, 5) is 28.8. The van der Waals surface area contributed by atoms with Crippen molar-refractivity contribution in [3.05, 3.63) is 32.7 Å². The Morgan fingerprint density at radius 3 is 2.79 bits per heavy atom. The van der Waals surface area contributed by atoms with Gasteiger partial charge in [0, 0.05) is 31.2 Å². The average molecular weight is 353 g/mol. The Balaban J connectivity index is 0.00000288. The van der Waals surface area contributed by atoms with Gasteiger partial charge in [0.2, 0.25) is 5.91 Å². The van der Waals surface area contributed by atoms with Crippen LogP contribution in [-0.4, -0.2) is 42.0 Å². The van der Waals surface area contributed by atoms with Crippen LogP contribution in [0.25, 0.3) is 0 Å². The first-order valence-electron chi connectivity index (χ1n) is 8.05. The number of aromatic nitrogens is 1. The number of pyridine rings is 1. The van der Waals surface area contributed by atoms with E-state index in [4.69, 9.17) is 5.26 Å². The maximum Gasteiger partial charge on any atom is 0.266 e. The minimum atomic E-state index is -0.356. The van der Waals surface area contributed by atoms with Crippen LogP contribution in [0.3, 0.4) is 0 Å². The summed E-state index contributed by atoms with van der Waals surface area (Å²) in [7, 11) is 1.93. The fourth-order valence-corrected chi connectivity index (χ4v) is 3.25. The molecule has 2 heterocycles. The Kier molecular flexibility index (Phi) is 7.46. The van der Waals surface area contributed by atoms with E-state index in [0.717, 1.165) is 37.2 Å². The number of piperidine rings is 1. The highest BCUT2D eigenvalue weighted by atomic mass is 35.5. The van der Waals surface area contributed by atoms with Crippen molar-refractivity contribution >= 4 is 18.3 Å². The molecule has 0 aliphatic carbocycles. The Hall–Kier alpha value is -1.84. The molecule has 0 saturated carbocycles. The lowest BCUT2D eigenvalue weighted by Gasteiger charge is -2.32. The van der Waals surface area contributed by atoms with Crippen LogP contribution >= 0.6 is 12.4 Å². The summed E-state index contributed by atoms with van der Waals surface area (Å²) in [5.74, 6) is 0.133. The van der Waals surface area contributed by atoms with Crippen LogP contribution in [0.15, 0.2) is 4.79 Å². The third kappa shape index (κ3) is 4.37. The molecule has 24 heavy (non-hydrogen) atoms. The van der Waals surface area contributed by atoms with Crippen molar-refractivity contribution in [2.45, 2.75) is 45.6 Å². The maximum absolute atomic E-state index is 12.4. The first-order valence-corrected chi connectivity index (χ1v) is 8.05. The van der Waals surface area contributed by atoms with Crippen LogP contribution < -0.4 is 10.9 Å². The molecule has 2 rings (SSSR count). The lowest BCUT2D eigenvalue weighted by Crippen LogP contribution is -2.47. The lowest BCUT2D eigenvalue weighted by molar-refractivity contribution is -0.132. The second-order valence-corrected chi connectivity index (χ2v) is 6.14. The van der Waals surface area contributed by atoms with Gasteiger partial charge in [0.25, 0.3) is 5.56 Å². The zero-order valence-electron chi connectivity index (χ0n) is 14.4. The van der Waals surface area contributed by atoms with Crippen LogP contribution in [0, 0.1) is 25.2 Å². The number of nitriles is 1. The number of halogens is 1. The number of hydrogen-bond acceptors (Lipinski definition) is 4. The third-order valence-electron chi connectivity index (χ3n) is 4.69. The number of nitrogens with one attached hydrogen (secondary N) is 2. The molecule has 1 aliphatic rings. The summed E-state index contributed by atoms with van der Waals surface area (Å²) in [6.45, 7) is 5.15. The highest BCUT2D eigenvalue weighted by molar-refractivity contribution is 5.85. The highest BCUT2D eigenvalue weighted by Crippen LogP contribution is 2.17. The summed E-state index contributed by atoms with van der Waals surface area (Å²) in [6.07, 6.45) is 3.06. The molecule has 1 amide bonds. The zero-order chi connectivity index (χ0) is 17.0. The van der Waals surface area contributed by atoms with Crippen LogP contribution in [0.4, 0.5) is 0 Å². The SMILES string of the molecule is CNC1CCCN(C(=O)CCc2c(C)[nH]c(=O)c(C#N)c2C)C1.Cl. The van der Waals surface area contributed by atoms with Crippen molar-refractivity contribution in [1.82, 2.24) is 15.2 Å². The van der Waals surface area contributed by atoms with Crippen LogP contribution in [0.5, 0.6) is 0 Å². The summed E-state index contributed by atoms with van der Waals surface area (Å²) in [5, 5.41) is 12.3. The normalized spacial score (nSPS) is 17.1. The van der Waals surface area contributed by atoms with Crippen molar-refractivity contribution in [3.8, 4) is 6.07 Å². The number of rotatable bonds is 4. The lowest BCUT2D eigenvalue weighted by atomic mass is 9.98. The summed E-state index contributed by atoms with van der Waals surface area (Å²) in [6, 6.07) is 2.32. The van der Waals surface area contributed by atoms with E-state index in [9.17, 15) is 9.59 Å². The van der Waals surface area contributed by atoms with Gasteiger partial charge in [-0.2, -0.15) is 5.26 Å². The molecule has 132 valence electrons. The van der Waals surface area contributed by atoms with Crippen LogP contribution in [-0.2, 0) is 11.2 Å². The molecule has 1 aromatic heterocycles. The molecule has 7 heteroatoms. The van der Waals surface area contributed by atoms with E-state index in [-0.39, 0.29) is 29.4 Å². The van der Waals surface area contributed by atoms with E-state index in [0.29, 0.717) is 24.4 Å². The molecule has 0 aromatic carbocycles. The zero-order valence-corrected chi connectivity index (χ0v) is 15.3. The molecule has 6 nitrogen and oxygen atoms in total. The molecule has 1 atom stereocenters. The van der Waals surface area contributed by atoms with Crippen LogP contribution in [0.1, 0.15) is 41.6 Å². The van der Waals surface area contributed by atoms with Gasteiger partial charge >= 0.3 is 0 Å². The van der Waals surface area contributed by atoms with Crippen molar-refractivity contribution in [1.29, 1.82) is 5.26 Å². The average Bonchev–Trinajstić information content (AvgIpc) is 2.54. The molecule has 2 N–H and O–H groups in total. The van der Waals surface area contributed by atoms with Crippen molar-refractivity contribution in [3.63, 3.8) is 0 Å². The van der Waals surface area contributed by atoms with E-state index in [2.05, 4.69) is 10.3 Å². The smallest absolute Gasteiger partial charge is 0.266 e. The summed E-state index contributed by atoms with van der Waals surface area (Å²) in [5.41, 5.74) is 2.12. The molecule has 1 unspecified atom stereocenters. The van der Waals surface area contributed by atoms with Gasteiger partial charge in [0.15, 0.2) is 0 Å². The predicted molar refractivity (Wildman–Crippen MR) is 95.5 cm³/mol. The minimum Gasteiger partial charge on any atom is -0.341 e. The van der Waals surface area contributed by atoms with E-state index in [1.54, 1.807) is 6.92 Å². The van der Waals surface area contributed by atoms with Gasteiger partial charge in [-0.1, -0.05) is 0 Å². The topological polar surface area (TPSA) is 89.0 Å². The number of carbonyl (C=O) groups excluding carboxylic acids is 1. The fraction of sp³-hybridized carbons (Fsp3) is 0.588. The minimum absolute atomic E-state index is 0. The number of hydrogen-bond donors (Lipinski definition) is 2. The highest BCUT2D eigenvalue weighted by Gasteiger charge is 2.23. The Bertz CT molecular complexity index is 693.